The van der Waals surface area contributed by atoms with Crippen LogP contribution in [0.5, 0.6) is 5.75 Å². The molecule has 1 atom stereocenters. The van der Waals surface area contributed by atoms with Crippen LogP contribution in [-0.4, -0.2) is 67.6 Å². The van der Waals surface area contributed by atoms with Gasteiger partial charge in [0.25, 0.3) is 11.8 Å². The van der Waals surface area contributed by atoms with Crippen molar-refractivity contribution in [1.82, 2.24) is 9.80 Å². The Morgan fingerprint density at radius 3 is 2.19 bits per heavy atom. The van der Waals surface area contributed by atoms with Crippen LogP contribution >= 0.6 is 0 Å². The van der Waals surface area contributed by atoms with E-state index in [1.54, 1.807) is 0 Å². The number of morpholine rings is 1. The van der Waals surface area contributed by atoms with Crippen molar-refractivity contribution >= 4 is 11.8 Å². The molecule has 31 heavy (non-hydrogen) atoms. The van der Waals surface area contributed by atoms with Crippen LogP contribution in [-0.2, 0) is 4.74 Å². The zero-order valence-corrected chi connectivity index (χ0v) is 18.1. The van der Waals surface area contributed by atoms with E-state index in [4.69, 9.17) is 9.47 Å². The average molecular weight is 423 g/mol. The lowest BCUT2D eigenvalue weighted by atomic mass is 9.98. The molecule has 2 fully saturated rings. The van der Waals surface area contributed by atoms with Gasteiger partial charge in [-0.25, -0.2) is 0 Å². The fourth-order valence-corrected chi connectivity index (χ4v) is 4.12. The van der Waals surface area contributed by atoms with Crippen LogP contribution in [0.1, 0.15) is 39.1 Å². The normalized spacial score (nSPS) is 19.2. The summed E-state index contributed by atoms with van der Waals surface area (Å²) in [6.07, 6.45) is 2.03. The highest BCUT2D eigenvalue weighted by Gasteiger charge is 2.25. The molecule has 6 nitrogen and oxygen atoms in total. The van der Waals surface area contributed by atoms with Crippen molar-refractivity contribution in [2.45, 2.75) is 19.8 Å². The lowest BCUT2D eigenvalue weighted by Crippen LogP contribution is -2.41. The van der Waals surface area contributed by atoms with Crippen LogP contribution in [0.2, 0.25) is 0 Å². The maximum atomic E-state index is 12.8. The first-order valence-corrected chi connectivity index (χ1v) is 11.1. The highest BCUT2D eigenvalue weighted by Crippen LogP contribution is 2.21. The third kappa shape index (κ3) is 5.44. The Morgan fingerprint density at radius 1 is 0.903 bits per heavy atom. The van der Waals surface area contributed by atoms with Gasteiger partial charge in [-0.2, -0.15) is 0 Å². The molecular formula is C25H30N2O4. The number of piperidine rings is 1. The maximum absolute atomic E-state index is 12.8. The predicted molar refractivity (Wildman–Crippen MR) is 118 cm³/mol. The number of aryl methyl sites for hydroxylation is 1. The van der Waals surface area contributed by atoms with Gasteiger partial charge in [0.1, 0.15) is 5.75 Å². The molecule has 0 spiro atoms. The van der Waals surface area contributed by atoms with Gasteiger partial charge >= 0.3 is 0 Å². The van der Waals surface area contributed by atoms with E-state index in [0.717, 1.165) is 36.3 Å². The first-order chi connectivity index (χ1) is 15.1. The van der Waals surface area contributed by atoms with Gasteiger partial charge in [0.15, 0.2) is 0 Å². The minimum Gasteiger partial charge on any atom is -0.493 e. The van der Waals surface area contributed by atoms with Gasteiger partial charge < -0.3 is 19.3 Å². The Bertz CT molecular complexity index is 889. The number of ether oxygens (including phenoxy) is 2. The minimum absolute atomic E-state index is 0.0346. The first-order valence-electron chi connectivity index (χ1n) is 11.1. The Kier molecular flexibility index (Phi) is 6.87. The van der Waals surface area contributed by atoms with E-state index in [1.807, 2.05) is 65.3 Å². The summed E-state index contributed by atoms with van der Waals surface area (Å²) >= 11 is 0. The number of amides is 2. The molecule has 0 aromatic heterocycles. The molecule has 0 bridgehead atoms. The number of likely N-dealkylation sites (tertiary alicyclic amines) is 1. The molecule has 2 saturated heterocycles. The van der Waals surface area contributed by atoms with Crippen LogP contribution in [0.25, 0.3) is 0 Å². The van der Waals surface area contributed by atoms with Gasteiger partial charge in [-0.15, -0.1) is 0 Å². The molecule has 2 aliphatic rings. The van der Waals surface area contributed by atoms with Gasteiger partial charge in [0.2, 0.25) is 0 Å². The number of nitrogens with zero attached hydrogens (tertiary/aromatic N) is 2. The molecule has 0 unspecified atom stereocenters. The van der Waals surface area contributed by atoms with Gasteiger partial charge in [0, 0.05) is 43.2 Å². The van der Waals surface area contributed by atoms with Gasteiger partial charge in [-0.3, -0.25) is 9.59 Å². The van der Waals surface area contributed by atoms with Crippen molar-refractivity contribution in [2.75, 3.05) is 46.0 Å². The van der Waals surface area contributed by atoms with Crippen LogP contribution in [0.3, 0.4) is 0 Å². The Labute approximate surface area is 183 Å². The second-order valence-electron chi connectivity index (χ2n) is 8.37. The maximum Gasteiger partial charge on any atom is 0.254 e. The molecule has 0 aliphatic carbocycles. The largest absolute Gasteiger partial charge is 0.493 e. The topological polar surface area (TPSA) is 59.1 Å². The molecule has 2 amide bonds. The van der Waals surface area contributed by atoms with E-state index >= 15 is 0 Å². The second kappa shape index (κ2) is 9.96. The molecular weight excluding hydrogens is 392 g/mol. The molecule has 2 aromatic rings. The highest BCUT2D eigenvalue weighted by atomic mass is 16.5. The number of carbonyl (C=O) groups is 2. The molecule has 2 aliphatic heterocycles. The van der Waals surface area contributed by atoms with Crippen molar-refractivity contribution in [1.29, 1.82) is 0 Å². The van der Waals surface area contributed by atoms with E-state index < -0.39 is 0 Å². The smallest absolute Gasteiger partial charge is 0.254 e. The quantitative estimate of drug-likeness (QED) is 0.741. The zero-order chi connectivity index (χ0) is 21.6. The standard InChI is InChI=1S/C25H30N2O4/c1-19-4-6-21(7-5-19)25(29)27-12-2-3-20(17-27)18-31-23-10-8-22(9-11-23)24(28)26-13-15-30-16-14-26/h4-11,20H,2-3,12-18H2,1H3/t20-/m1/s1. The average Bonchev–Trinajstić information content (AvgIpc) is 2.83. The SMILES string of the molecule is Cc1ccc(C(=O)N2CCC[C@@H](COc3ccc(C(=O)N4CCOCC4)cc3)C2)cc1. The summed E-state index contributed by atoms with van der Waals surface area (Å²) in [6.45, 7) is 6.55. The number of rotatable bonds is 5. The summed E-state index contributed by atoms with van der Waals surface area (Å²) < 4.78 is 11.3. The molecule has 0 radical (unpaired) electrons. The second-order valence-corrected chi connectivity index (χ2v) is 8.37. The van der Waals surface area contributed by atoms with E-state index in [9.17, 15) is 9.59 Å². The van der Waals surface area contributed by atoms with Crippen molar-refractivity contribution in [3.05, 3.63) is 65.2 Å². The van der Waals surface area contributed by atoms with Crippen LogP contribution in [0.4, 0.5) is 0 Å². The summed E-state index contributed by atoms with van der Waals surface area (Å²) in [7, 11) is 0. The van der Waals surface area contributed by atoms with Crippen molar-refractivity contribution < 1.29 is 19.1 Å². The Morgan fingerprint density at radius 2 is 1.52 bits per heavy atom. The third-order valence-corrected chi connectivity index (χ3v) is 5.99. The lowest BCUT2D eigenvalue weighted by molar-refractivity contribution is 0.0303. The number of hydrogen-bond donors (Lipinski definition) is 0. The van der Waals surface area contributed by atoms with Crippen LogP contribution < -0.4 is 4.74 Å². The first kappa shape index (κ1) is 21.4. The minimum atomic E-state index is 0.0346. The van der Waals surface area contributed by atoms with E-state index in [-0.39, 0.29) is 11.8 Å². The van der Waals surface area contributed by atoms with E-state index in [1.165, 1.54) is 0 Å². The molecule has 6 heteroatoms. The van der Waals surface area contributed by atoms with Gasteiger partial charge in [-0.05, 0) is 56.2 Å². The lowest BCUT2D eigenvalue weighted by Gasteiger charge is -2.32. The number of hydrogen-bond acceptors (Lipinski definition) is 4. The molecule has 0 saturated carbocycles. The molecule has 2 heterocycles. The molecule has 164 valence electrons. The van der Waals surface area contributed by atoms with Crippen LogP contribution in [0, 0.1) is 12.8 Å². The fourth-order valence-electron chi connectivity index (χ4n) is 4.12. The molecule has 2 aromatic carbocycles. The van der Waals surface area contributed by atoms with E-state index in [0.29, 0.717) is 50.9 Å². The summed E-state index contributed by atoms with van der Waals surface area (Å²) in [5, 5.41) is 0. The van der Waals surface area contributed by atoms with Crippen LogP contribution in [0.15, 0.2) is 48.5 Å². The van der Waals surface area contributed by atoms with Crippen molar-refractivity contribution in [2.24, 2.45) is 5.92 Å². The molecule has 0 N–H and O–H groups in total. The van der Waals surface area contributed by atoms with E-state index in [2.05, 4.69) is 0 Å². The number of carbonyl (C=O) groups excluding carboxylic acids is 2. The van der Waals surface area contributed by atoms with Gasteiger partial charge in [0.05, 0.1) is 19.8 Å². The summed E-state index contributed by atoms with van der Waals surface area (Å²) in [4.78, 5) is 29.1. The third-order valence-electron chi connectivity index (χ3n) is 5.99. The zero-order valence-electron chi connectivity index (χ0n) is 18.1. The van der Waals surface area contributed by atoms with Gasteiger partial charge in [-0.1, -0.05) is 17.7 Å². The summed E-state index contributed by atoms with van der Waals surface area (Å²) in [6, 6.07) is 15.1. The van der Waals surface area contributed by atoms with Crippen molar-refractivity contribution in [3.63, 3.8) is 0 Å². The molecule has 4 rings (SSSR count). The van der Waals surface area contributed by atoms with Crippen molar-refractivity contribution in [3.8, 4) is 5.75 Å². The summed E-state index contributed by atoms with van der Waals surface area (Å²) in [5.41, 5.74) is 2.56. The highest BCUT2D eigenvalue weighted by molar-refractivity contribution is 5.94. The Balaban J connectivity index is 1.29. The summed E-state index contributed by atoms with van der Waals surface area (Å²) in [5.74, 6) is 1.18. The fraction of sp³-hybridized carbons (Fsp3) is 0.440. The Hall–Kier alpha value is -2.86. The number of benzene rings is 2. The predicted octanol–water partition coefficient (Wildman–Crippen LogP) is 3.40. The monoisotopic (exact) mass is 422 g/mol.